The summed E-state index contributed by atoms with van der Waals surface area (Å²) < 4.78 is 0. The van der Waals surface area contributed by atoms with Gasteiger partial charge in [0.25, 0.3) is 0 Å². The largest absolute Gasteiger partial charge is 0.375 e. The second kappa shape index (κ2) is 3.40. The van der Waals surface area contributed by atoms with Gasteiger partial charge in [-0.3, -0.25) is 0 Å². The van der Waals surface area contributed by atoms with Gasteiger partial charge in [-0.25, -0.2) is 9.97 Å². The normalized spacial score (nSPS) is 9.85. The van der Waals surface area contributed by atoms with E-state index in [0.717, 1.165) is 11.6 Å². The number of aromatic nitrogens is 2. The number of hydrogen-bond donors (Lipinski definition) is 2. The number of nitrogens with zero attached hydrogens (tertiary/aromatic N) is 2. The van der Waals surface area contributed by atoms with Crippen molar-refractivity contribution >= 4 is 28.1 Å². The standard InChI is InChI=1S/C8H8N4S/c9-8-12-7(5-13-8)11-6-3-1-2-4-10-6/h1-5H,(H2,9,12)(H,10,11). The summed E-state index contributed by atoms with van der Waals surface area (Å²) in [5.41, 5.74) is 5.48. The third-order valence-corrected chi connectivity index (χ3v) is 2.12. The lowest BCUT2D eigenvalue weighted by Crippen LogP contribution is -1.92. The van der Waals surface area contributed by atoms with Gasteiger partial charge in [0.05, 0.1) is 0 Å². The van der Waals surface area contributed by atoms with Crippen LogP contribution in [0.4, 0.5) is 16.8 Å². The Labute approximate surface area is 79.5 Å². The fraction of sp³-hybridized carbons (Fsp3) is 0. The van der Waals surface area contributed by atoms with Crippen molar-refractivity contribution in [3.8, 4) is 0 Å². The third kappa shape index (κ3) is 1.94. The fourth-order valence-corrected chi connectivity index (χ4v) is 1.41. The van der Waals surface area contributed by atoms with Gasteiger partial charge in [-0.2, -0.15) is 0 Å². The second-order valence-electron chi connectivity index (χ2n) is 2.41. The molecule has 66 valence electrons. The number of anilines is 3. The Kier molecular flexibility index (Phi) is 2.09. The second-order valence-corrected chi connectivity index (χ2v) is 3.30. The molecule has 0 unspecified atom stereocenters. The van der Waals surface area contributed by atoms with E-state index in [1.807, 2.05) is 23.6 Å². The topological polar surface area (TPSA) is 63.8 Å². The molecule has 4 nitrogen and oxygen atoms in total. The Morgan fingerprint density at radius 3 is 2.85 bits per heavy atom. The number of nitrogens with two attached hydrogens (primary N) is 1. The van der Waals surface area contributed by atoms with Crippen molar-refractivity contribution in [2.24, 2.45) is 0 Å². The zero-order valence-corrected chi connectivity index (χ0v) is 7.58. The molecular weight excluding hydrogens is 184 g/mol. The van der Waals surface area contributed by atoms with Gasteiger partial charge in [-0.15, -0.1) is 11.3 Å². The lowest BCUT2D eigenvalue weighted by molar-refractivity contribution is 1.28. The Morgan fingerprint density at radius 2 is 2.23 bits per heavy atom. The Balaban J connectivity index is 2.15. The maximum Gasteiger partial charge on any atom is 0.182 e. The van der Waals surface area contributed by atoms with E-state index in [1.165, 1.54) is 11.3 Å². The quantitative estimate of drug-likeness (QED) is 0.762. The Hall–Kier alpha value is -1.62. The highest BCUT2D eigenvalue weighted by molar-refractivity contribution is 7.13. The number of nitrogen functional groups attached to an aromatic ring is 1. The fourth-order valence-electron chi connectivity index (χ4n) is 0.913. The average molecular weight is 192 g/mol. The van der Waals surface area contributed by atoms with Crippen molar-refractivity contribution in [2.45, 2.75) is 0 Å². The predicted octanol–water partition coefficient (Wildman–Crippen LogP) is 1.86. The molecule has 0 saturated carbocycles. The molecule has 2 aromatic rings. The van der Waals surface area contributed by atoms with Crippen molar-refractivity contribution in [2.75, 3.05) is 11.1 Å². The van der Waals surface area contributed by atoms with Crippen molar-refractivity contribution in [3.63, 3.8) is 0 Å². The highest BCUT2D eigenvalue weighted by Crippen LogP contribution is 2.18. The molecule has 0 spiro atoms. The highest BCUT2D eigenvalue weighted by atomic mass is 32.1. The van der Waals surface area contributed by atoms with Crippen molar-refractivity contribution in [3.05, 3.63) is 29.8 Å². The molecule has 0 radical (unpaired) electrons. The number of pyridine rings is 1. The van der Waals surface area contributed by atoms with Crippen LogP contribution in [0.3, 0.4) is 0 Å². The first-order valence-corrected chi connectivity index (χ1v) is 4.61. The summed E-state index contributed by atoms with van der Waals surface area (Å²) in [6.45, 7) is 0. The minimum atomic E-state index is 0.554. The third-order valence-electron chi connectivity index (χ3n) is 1.44. The van der Waals surface area contributed by atoms with E-state index in [9.17, 15) is 0 Å². The number of thiazole rings is 1. The summed E-state index contributed by atoms with van der Waals surface area (Å²) in [7, 11) is 0. The van der Waals surface area contributed by atoms with Crippen LogP contribution in [0.2, 0.25) is 0 Å². The molecule has 5 heteroatoms. The monoisotopic (exact) mass is 192 g/mol. The van der Waals surface area contributed by atoms with Crippen LogP contribution < -0.4 is 11.1 Å². The van der Waals surface area contributed by atoms with E-state index in [0.29, 0.717) is 5.13 Å². The summed E-state index contributed by atoms with van der Waals surface area (Å²) in [5, 5.41) is 5.44. The molecule has 2 aromatic heterocycles. The van der Waals surface area contributed by atoms with Crippen LogP contribution in [0.5, 0.6) is 0 Å². The van der Waals surface area contributed by atoms with Gasteiger partial charge >= 0.3 is 0 Å². The molecule has 0 aromatic carbocycles. The number of nitrogens with one attached hydrogen (secondary N) is 1. The average Bonchev–Trinajstić information content (AvgIpc) is 2.53. The molecule has 0 bridgehead atoms. The van der Waals surface area contributed by atoms with E-state index < -0.39 is 0 Å². The van der Waals surface area contributed by atoms with Crippen molar-refractivity contribution in [1.29, 1.82) is 0 Å². The van der Waals surface area contributed by atoms with Gasteiger partial charge in [0, 0.05) is 11.6 Å². The molecule has 2 heterocycles. The molecule has 0 aliphatic rings. The van der Waals surface area contributed by atoms with Crippen LogP contribution in [0.15, 0.2) is 29.8 Å². The zero-order valence-electron chi connectivity index (χ0n) is 6.77. The van der Waals surface area contributed by atoms with Gasteiger partial charge in [0.2, 0.25) is 0 Å². The first-order chi connectivity index (χ1) is 6.34. The molecule has 0 aliphatic carbocycles. The number of rotatable bonds is 2. The van der Waals surface area contributed by atoms with Crippen molar-refractivity contribution in [1.82, 2.24) is 9.97 Å². The summed E-state index contributed by atoms with van der Waals surface area (Å²) >= 11 is 1.40. The van der Waals surface area contributed by atoms with Crippen LogP contribution >= 0.6 is 11.3 Å². The lowest BCUT2D eigenvalue weighted by Gasteiger charge is -1.99. The Morgan fingerprint density at radius 1 is 1.31 bits per heavy atom. The molecule has 13 heavy (non-hydrogen) atoms. The van der Waals surface area contributed by atoms with E-state index in [2.05, 4.69) is 15.3 Å². The smallest absolute Gasteiger partial charge is 0.182 e. The van der Waals surface area contributed by atoms with Gasteiger partial charge in [-0.1, -0.05) is 6.07 Å². The highest BCUT2D eigenvalue weighted by Gasteiger charge is 1.98. The molecular formula is C8H8N4S. The van der Waals surface area contributed by atoms with Gasteiger partial charge in [0.15, 0.2) is 5.13 Å². The molecule has 0 amide bonds. The molecule has 3 N–H and O–H groups in total. The summed E-state index contributed by atoms with van der Waals surface area (Å²) in [4.78, 5) is 8.15. The van der Waals surface area contributed by atoms with E-state index in [4.69, 9.17) is 5.73 Å². The zero-order chi connectivity index (χ0) is 9.10. The maximum atomic E-state index is 5.48. The number of hydrogen-bond acceptors (Lipinski definition) is 5. The lowest BCUT2D eigenvalue weighted by atomic mass is 10.4. The minimum absolute atomic E-state index is 0.554. The predicted molar refractivity (Wildman–Crippen MR) is 54.0 cm³/mol. The summed E-state index contributed by atoms with van der Waals surface area (Å²) in [6.07, 6.45) is 1.72. The van der Waals surface area contributed by atoms with Gasteiger partial charge in [0.1, 0.15) is 11.6 Å². The van der Waals surface area contributed by atoms with Crippen LogP contribution in [0.25, 0.3) is 0 Å². The van der Waals surface area contributed by atoms with Crippen LogP contribution in [-0.4, -0.2) is 9.97 Å². The van der Waals surface area contributed by atoms with Crippen molar-refractivity contribution < 1.29 is 0 Å². The van der Waals surface area contributed by atoms with E-state index in [-0.39, 0.29) is 0 Å². The molecule has 0 atom stereocenters. The van der Waals surface area contributed by atoms with E-state index >= 15 is 0 Å². The molecule has 0 fully saturated rings. The van der Waals surface area contributed by atoms with Crippen LogP contribution in [0.1, 0.15) is 0 Å². The maximum absolute atomic E-state index is 5.48. The molecule has 0 aliphatic heterocycles. The summed E-state index contributed by atoms with van der Waals surface area (Å²) in [5.74, 6) is 1.51. The summed E-state index contributed by atoms with van der Waals surface area (Å²) in [6, 6.07) is 5.64. The Bertz CT molecular complexity index is 384. The van der Waals surface area contributed by atoms with Gasteiger partial charge < -0.3 is 11.1 Å². The van der Waals surface area contributed by atoms with Crippen LogP contribution in [0, 0.1) is 0 Å². The molecule has 0 saturated heterocycles. The minimum Gasteiger partial charge on any atom is -0.375 e. The first-order valence-electron chi connectivity index (χ1n) is 3.73. The first kappa shape index (κ1) is 8.00. The molecule has 2 rings (SSSR count). The van der Waals surface area contributed by atoms with Gasteiger partial charge in [-0.05, 0) is 12.1 Å². The SMILES string of the molecule is Nc1nc(Nc2ccccn2)cs1. The van der Waals surface area contributed by atoms with Crippen LogP contribution in [-0.2, 0) is 0 Å². The van der Waals surface area contributed by atoms with E-state index in [1.54, 1.807) is 6.20 Å².